The standard InChI is InChI=1S/C19H24N2/c1-14-7-8-18(15(2)11-14)19(20)13-21-10-9-16-5-3-4-6-17(16)12-21/h3-8,11,19H,9-10,12-13,20H2,1-2H3. The molecule has 1 atom stereocenters. The molecule has 0 aromatic heterocycles. The Labute approximate surface area is 127 Å². The summed E-state index contributed by atoms with van der Waals surface area (Å²) in [6.45, 7) is 7.35. The molecule has 0 saturated heterocycles. The third kappa shape index (κ3) is 3.17. The van der Waals surface area contributed by atoms with Crippen LogP contribution in [0.15, 0.2) is 42.5 Å². The molecule has 3 rings (SSSR count). The zero-order valence-corrected chi connectivity index (χ0v) is 13.0. The maximum atomic E-state index is 6.46. The van der Waals surface area contributed by atoms with Crippen molar-refractivity contribution in [3.8, 4) is 0 Å². The lowest BCUT2D eigenvalue weighted by Gasteiger charge is -2.31. The van der Waals surface area contributed by atoms with Crippen molar-refractivity contribution >= 4 is 0 Å². The van der Waals surface area contributed by atoms with Crippen LogP contribution in [0.4, 0.5) is 0 Å². The first-order valence-corrected chi connectivity index (χ1v) is 7.75. The van der Waals surface area contributed by atoms with Crippen molar-refractivity contribution in [1.29, 1.82) is 0 Å². The lowest BCUT2D eigenvalue weighted by atomic mass is 9.97. The summed E-state index contributed by atoms with van der Waals surface area (Å²) in [6, 6.07) is 15.4. The molecule has 2 heteroatoms. The average Bonchev–Trinajstić information content (AvgIpc) is 2.47. The van der Waals surface area contributed by atoms with Gasteiger partial charge in [-0.05, 0) is 42.5 Å². The average molecular weight is 280 g/mol. The highest BCUT2D eigenvalue weighted by atomic mass is 15.1. The summed E-state index contributed by atoms with van der Waals surface area (Å²) in [7, 11) is 0. The summed E-state index contributed by atoms with van der Waals surface area (Å²) in [5.41, 5.74) is 13.3. The van der Waals surface area contributed by atoms with Crippen molar-refractivity contribution < 1.29 is 0 Å². The second kappa shape index (κ2) is 6.00. The van der Waals surface area contributed by atoms with Gasteiger partial charge in [-0.3, -0.25) is 4.90 Å². The Morgan fingerprint density at radius 1 is 1.10 bits per heavy atom. The molecule has 2 nitrogen and oxygen atoms in total. The summed E-state index contributed by atoms with van der Waals surface area (Å²) in [4.78, 5) is 2.48. The molecule has 2 N–H and O–H groups in total. The van der Waals surface area contributed by atoms with Gasteiger partial charge in [-0.25, -0.2) is 0 Å². The minimum absolute atomic E-state index is 0.0934. The number of rotatable bonds is 3. The van der Waals surface area contributed by atoms with Gasteiger partial charge < -0.3 is 5.73 Å². The maximum absolute atomic E-state index is 6.46. The van der Waals surface area contributed by atoms with Crippen LogP contribution >= 0.6 is 0 Å². The molecule has 0 saturated carbocycles. The van der Waals surface area contributed by atoms with Gasteiger partial charge in [-0.1, -0.05) is 48.0 Å². The Hall–Kier alpha value is -1.64. The van der Waals surface area contributed by atoms with E-state index >= 15 is 0 Å². The molecule has 110 valence electrons. The molecular weight excluding hydrogens is 256 g/mol. The SMILES string of the molecule is Cc1ccc(C(N)CN2CCc3ccccc3C2)c(C)c1. The smallest absolute Gasteiger partial charge is 0.0427 e. The van der Waals surface area contributed by atoms with E-state index in [1.165, 1.54) is 27.8 Å². The highest BCUT2D eigenvalue weighted by Crippen LogP contribution is 2.22. The van der Waals surface area contributed by atoms with E-state index in [9.17, 15) is 0 Å². The Bertz CT molecular complexity index is 633. The summed E-state index contributed by atoms with van der Waals surface area (Å²) in [5.74, 6) is 0. The lowest BCUT2D eigenvalue weighted by molar-refractivity contribution is 0.239. The number of benzene rings is 2. The Morgan fingerprint density at radius 2 is 1.86 bits per heavy atom. The van der Waals surface area contributed by atoms with E-state index in [0.717, 1.165) is 26.1 Å². The van der Waals surface area contributed by atoms with Crippen LogP contribution in [0.2, 0.25) is 0 Å². The van der Waals surface area contributed by atoms with E-state index in [0.29, 0.717) is 0 Å². The van der Waals surface area contributed by atoms with Gasteiger partial charge >= 0.3 is 0 Å². The summed E-state index contributed by atoms with van der Waals surface area (Å²) < 4.78 is 0. The van der Waals surface area contributed by atoms with Crippen LogP contribution in [0.3, 0.4) is 0 Å². The molecule has 1 aliphatic heterocycles. The number of fused-ring (bicyclic) bond motifs is 1. The van der Waals surface area contributed by atoms with Crippen LogP contribution in [0, 0.1) is 13.8 Å². The first kappa shape index (κ1) is 14.3. The van der Waals surface area contributed by atoms with E-state index in [2.05, 4.69) is 61.2 Å². The first-order chi connectivity index (χ1) is 10.1. The number of nitrogens with zero attached hydrogens (tertiary/aromatic N) is 1. The second-order valence-corrected chi connectivity index (χ2v) is 6.22. The van der Waals surface area contributed by atoms with E-state index in [1.54, 1.807) is 0 Å². The Kier molecular flexibility index (Phi) is 4.09. The van der Waals surface area contributed by atoms with Crippen LogP contribution in [0.5, 0.6) is 0 Å². The van der Waals surface area contributed by atoms with Crippen molar-refractivity contribution in [2.75, 3.05) is 13.1 Å². The quantitative estimate of drug-likeness (QED) is 0.934. The van der Waals surface area contributed by atoms with Gasteiger partial charge in [0.1, 0.15) is 0 Å². The van der Waals surface area contributed by atoms with Crippen LogP contribution in [0.25, 0.3) is 0 Å². The van der Waals surface area contributed by atoms with Gasteiger partial charge in [0.15, 0.2) is 0 Å². The van der Waals surface area contributed by atoms with Crippen LogP contribution in [-0.4, -0.2) is 18.0 Å². The lowest BCUT2D eigenvalue weighted by Crippen LogP contribution is -2.36. The Morgan fingerprint density at radius 3 is 2.62 bits per heavy atom. The minimum atomic E-state index is 0.0934. The first-order valence-electron chi connectivity index (χ1n) is 7.75. The monoisotopic (exact) mass is 280 g/mol. The highest BCUT2D eigenvalue weighted by molar-refractivity contribution is 5.33. The van der Waals surface area contributed by atoms with Crippen LogP contribution < -0.4 is 5.73 Å². The number of nitrogens with two attached hydrogens (primary N) is 1. The number of hydrogen-bond acceptors (Lipinski definition) is 2. The van der Waals surface area contributed by atoms with Gasteiger partial charge in [0.25, 0.3) is 0 Å². The number of hydrogen-bond donors (Lipinski definition) is 1. The van der Waals surface area contributed by atoms with Crippen LogP contribution in [-0.2, 0) is 13.0 Å². The topological polar surface area (TPSA) is 29.3 Å². The van der Waals surface area contributed by atoms with E-state index in [-0.39, 0.29) is 6.04 Å². The van der Waals surface area contributed by atoms with Crippen molar-refractivity contribution in [2.24, 2.45) is 5.73 Å². The normalized spacial score (nSPS) is 16.5. The fraction of sp³-hybridized carbons (Fsp3) is 0.368. The fourth-order valence-corrected chi connectivity index (χ4v) is 3.33. The molecule has 0 bridgehead atoms. The second-order valence-electron chi connectivity index (χ2n) is 6.22. The summed E-state index contributed by atoms with van der Waals surface area (Å²) in [5, 5.41) is 0. The van der Waals surface area contributed by atoms with Gasteiger partial charge in [0.05, 0.1) is 0 Å². The molecule has 0 amide bonds. The predicted molar refractivity (Wildman–Crippen MR) is 88.3 cm³/mol. The Balaban J connectivity index is 1.70. The molecule has 1 aliphatic rings. The van der Waals surface area contributed by atoms with Crippen molar-refractivity contribution in [2.45, 2.75) is 32.9 Å². The van der Waals surface area contributed by atoms with Crippen molar-refractivity contribution in [3.05, 3.63) is 70.3 Å². The predicted octanol–water partition coefficient (Wildman–Crippen LogP) is 3.36. The molecule has 21 heavy (non-hydrogen) atoms. The van der Waals surface area contributed by atoms with Gasteiger partial charge in [0.2, 0.25) is 0 Å². The van der Waals surface area contributed by atoms with E-state index < -0.39 is 0 Å². The molecule has 1 unspecified atom stereocenters. The largest absolute Gasteiger partial charge is 0.323 e. The van der Waals surface area contributed by atoms with Crippen molar-refractivity contribution in [1.82, 2.24) is 4.90 Å². The van der Waals surface area contributed by atoms with E-state index in [4.69, 9.17) is 5.73 Å². The molecule has 0 spiro atoms. The third-order valence-corrected chi connectivity index (χ3v) is 4.49. The summed E-state index contributed by atoms with van der Waals surface area (Å²) in [6.07, 6.45) is 1.13. The molecule has 0 radical (unpaired) electrons. The third-order valence-electron chi connectivity index (χ3n) is 4.49. The maximum Gasteiger partial charge on any atom is 0.0427 e. The molecule has 0 aliphatic carbocycles. The van der Waals surface area contributed by atoms with E-state index in [1.807, 2.05) is 0 Å². The molecule has 1 heterocycles. The van der Waals surface area contributed by atoms with Crippen LogP contribution in [0.1, 0.15) is 33.9 Å². The fourth-order valence-electron chi connectivity index (χ4n) is 3.33. The van der Waals surface area contributed by atoms with Crippen molar-refractivity contribution in [3.63, 3.8) is 0 Å². The minimum Gasteiger partial charge on any atom is -0.323 e. The van der Waals surface area contributed by atoms with Gasteiger partial charge in [-0.2, -0.15) is 0 Å². The molecular formula is C19H24N2. The molecule has 2 aromatic rings. The highest BCUT2D eigenvalue weighted by Gasteiger charge is 2.19. The zero-order valence-electron chi connectivity index (χ0n) is 13.0. The van der Waals surface area contributed by atoms with Gasteiger partial charge in [-0.15, -0.1) is 0 Å². The number of aryl methyl sites for hydroxylation is 2. The summed E-state index contributed by atoms with van der Waals surface area (Å²) >= 11 is 0. The molecule has 0 fully saturated rings. The van der Waals surface area contributed by atoms with Gasteiger partial charge in [0, 0.05) is 25.7 Å². The molecule has 2 aromatic carbocycles. The zero-order chi connectivity index (χ0) is 14.8.